The van der Waals surface area contributed by atoms with E-state index >= 15 is 0 Å². The third-order valence-corrected chi connectivity index (χ3v) is 2.02. The SMILES string of the molecule is O=C(CNNO)c1ccc(Br)cc1. The molecule has 0 amide bonds. The number of carbonyl (C=O) groups is 1. The summed E-state index contributed by atoms with van der Waals surface area (Å²) in [6.45, 7) is 0.0537. The van der Waals surface area contributed by atoms with E-state index in [0.29, 0.717) is 5.56 Å². The Morgan fingerprint density at radius 2 is 2.00 bits per heavy atom. The third-order valence-electron chi connectivity index (χ3n) is 1.49. The smallest absolute Gasteiger partial charge is 0.178 e. The van der Waals surface area contributed by atoms with E-state index in [1.54, 1.807) is 29.9 Å². The predicted octanol–water partition coefficient (Wildman–Crippen LogP) is 1.12. The van der Waals surface area contributed by atoms with Crippen LogP contribution in [0.5, 0.6) is 0 Å². The van der Waals surface area contributed by atoms with Crippen LogP contribution in [0.25, 0.3) is 0 Å². The molecule has 0 aromatic heterocycles. The predicted molar refractivity (Wildman–Crippen MR) is 51.4 cm³/mol. The molecule has 3 N–H and O–H groups in total. The lowest BCUT2D eigenvalue weighted by molar-refractivity contribution is 0.0890. The maximum Gasteiger partial charge on any atom is 0.178 e. The molecule has 0 bridgehead atoms. The van der Waals surface area contributed by atoms with Crippen LogP contribution in [-0.2, 0) is 0 Å². The number of nitrogens with one attached hydrogen (secondary N) is 2. The summed E-state index contributed by atoms with van der Waals surface area (Å²) in [5.74, 6) is -0.0888. The number of Topliss-reactive ketones (excluding diaryl/α,β-unsaturated/α-hetero) is 1. The summed E-state index contributed by atoms with van der Waals surface area (Å²) < 4.78 is 0.928. The number of rotatable bonds is 4. The van der Waals surface area contributed by atoms with Gasteiger partial charge in [-0.1, -0.05) is 28.1 Å². The van der Waals surface area contributed by atoms with Crippen LogP contribution in [0.3, 0.4) is 0 Å². The second-order valence-electron chi connectivity index (χ2n) is 2.40. The van der Waals surface area contributed by atoms with Crippen LogP contribution in [0.2, 0.25) is 0 Å². The zero-order chi connectivity index (χ0) is 9.68. The Labute approximate surface area is 84.0 Å². The second-order valence-corrected chi connectivity index (χ2v) is 3.31. The molecule has 0 aliphatic carbocycles. The summed E-state index contributed by atoms with van der Waals surface area (Å²) in [4.78, 5) is 11.3. The fraction of sp³-hybridized carbons (Fsp3) is 0.125. The molecule has 0 unspecified atom stereocenters. The summed E-state index contributed by atoms with van der Waals surface area (Å²) in [6, 6.07) is 7.01. The molecule has 0 radical (unpaired) electrons. The molecule has 0 aliphatic rings. The van der Waals surface area contributed by atoms with E-state index in [0.717, 1.165) is 4.47 Å². The number of hydrogen-bond acceptors (Lipinski definition) is 4. The molecule has 0 saturated heterocycles. The van der Waals surface area contributed by atoms with Crippen molar-refractivity contribution in [3.63, 3.8) is 0 Å². The first-order valence-corrected chi connectivity index (χ1v) is 4.44. The minimum Gasteiger partial charge on any atom is -0.302 e. The van der Waals surface area contributed by atoms with Crippen LogP contribution in [0.15, 0.2) is 28.7 Å². The molecule has 13 heavy (non-hydrogen) atoms. The first kappa shape index (κ1) is 10.3. The number of hydrazine groups is 1. The lowest BCUT2D eigenvalue weighted by Crippen LogP contribution is -2.33. The van der Waals surface area contributed by atoms with Crippen LogP contribution in [0.1, 0.15) is 10.4 Å². The van der Waals surface area contributed by atoms with Crippen molar-refractivity contribution in [2.75, 3.05) is 6.54 Å². The molecule has 0 atom stereocenters. The van der Waals surface area contributed by atoms with Crippen molar-refractivity contribution in [3.8, 4) is 0 Å². The largest absolute Gasteiger partial charge is 0.302 e. The Kier molecular flexibility index (Phi) is 4.04. The summed E-state index contributed by atoms with van der Waals surface area (Å²) in [5, 5.41) is 8.19. The van der Waals surface area contributed by atoms with Gasteiger partial charge in [0.05, 0.1) is 6.54 Å². The molecule has 5 heteroatoms. The summed E-state index contributed by atoms with van der Waals surface area (Å²) in [5.41, 5.74) is 4.61. The van der Waals surface area contributed by atoms with Crippen molar-refractivity contribution in [2.24, 2.45) is 0 Å². The zero-order valence-electron chi connectivity index (χ0n) is 6.75. The van der Waals surface area contributed by atoms with E-state index in [4.69, 9.17) is 5.21 Å². The van der Waals surface area contributed by atoms with Gasteiger partial charge in [0.15, 0.2) is 5.78 Å². The minimum atomic E-state index is -0.0888. The molecule has 1 aromatic carbocycles. The van der Waals surface area contributed by atoms with Gasteiger partial charge in [0, 0.05) is 10.0 Å². The third kappa shape index (κ3) is 3.23. The molecule has 0 fully saturated rings. The van der Waals surface area contributed by atoms with E-state index in [1.807, 2.05) is 0 Å². The molecule has 1 rings (SSSR count). The lowest BCUT2D eigenvalue weighted by atomic mass is 10.1. The fourth-order valence-corrected chi connectivity index (χ4v) is 1.12. The van der Waals surface area contributed by atoms with Gasteiger partial charge in [-0.25, -0.2) is 5.43 Å². The van der Waals surface area contributed by atoms with Crippen LogP contribution < -0.4 is 11.0 Å². The van der Waals surface area contributed by atoms with Gasteiger partial charge in [-0.05, 0) is 12.1 Å². The normalized spacial score (nSPS) is 10.0. The van der Waals surface area contributed by atoms with Gasteiger partial charge in [0.2, 0.25) is 0 Å². The summed E-state index contributed by atoms with van der Waals surface area (Å²) >= 11 is 3.27. The summed E-state index contributed by atoms with van der Waals surface area (Å²) in [7, 11) is 0. The molecule has 0 spiro atoms. The van der Waals surface area contributed by atoms with Crippen molar-refractivity contribution in [3.05, 3.63) is 34.3 Å². The Hall–Kier alpha value is -0.750. The number of ketones is 1. The van der Waals surface area contributed by atoms with Gasteiger partial charge in [-0.3, -0.25) is 4.79 Å². The average molecular weight is 245 g/mol. The highest BCUT2D eigenvalue weighted by molar-refractivity contribution is 9.10. The van der Waals surface area contributed by atoms with Crippen molar-refractivity contribution in [1.29, 1.82) is 0 Å². The van der Waals surface area contributed by atoms with E-state index in [9.17, 15) is 4.79 Å². The van der Waals surface area contributed by atoms with E-state index in [1.165, 1.54) is 0 Å². The molecular weight excluding hydrogens is 236 g/mol. The first-order chi connectivity index (χ1) is 6.24. The Morgan fingerprint density at radius 1 is 1.38 bits per heavy atom. The maximum atomic E-state index is 11.3. The number of hydrogen-bond donors (Lipinski definition) is 3. The fourth-order valence-electron chi connectivity index (χ4n) is 0.858. The molecule has 4 nitrogen and oxygen atoms in total. The second kappa shape index (κ2) is 5.08. The van der Waals surface area contributed by atoms with Crippen molar-refractivity contribution >= 4 is 21.7 Å². The average Bonchev–Trinajstić information content (AvgIpc) is 2.15. The van der Waals surface area contributed by atoms with Crippen LogP contribution >= 0.6 is 15.9 Å². The molecule has 0 aliphatic heterocycles. The number of benzene rings is 1. The monoisotopic (exact) mass is 244 g/mol. The minimum absolute atomic E-state index is 0.0537. The molecule has 1 aromatic rings. The van der Waals surface area contributed by atoms with Crippen molar-refractivity contribution in [2.45, 2.75) is 0 Å². The topological polar surface area (TPSA) is 61.4 Å². The van der Waals surface area contributed by atoms with Crippen molar-refractivity contribution < 1.29 is 10.0 Å². The highest BCUT2D eigenvalue weighted by Gasteiger charge is 2.03. The highest BCUT2D eigenvalue weighted by atomic mass is 79.9. The van der Waals surface area contributed by atoms with E-state index < -0.39 is 0 Å². The molecule has 0 saturated carbocycles. The van der Waals surface area contributed by atoms with Crippen LogP contribution in [0.4, 0.5) is 0 Å². The van der Waals surface area contributed by atoms with E-state index in [2.05, 4.69) is 21.4 Å². The molecular formula is C8H9BrN2O2. The van der Waals surface area contributed by atoms with Gasteiger partial charge in [0.1, 0.15) is 0 Å². The standard InChI is InChI=1S/C8H9BrN2O2/c9-7-3-1-6(2-4-7)8(12)5-10-11-13/h1-4,10-11,13H,5H2. The molecule has 0 heterocycles. The Bertz CT molecular complexity index is 287. The first-order valence-electron chi connectivity index (χ1n) is 3.65. The quantitative estimate of drug-likeness (QED) is 0.549. The van der Waals surface area contributed by atoms with Gasteiger partial charge in [0.25, 0.3) is 0 Å². The molecule has 70 valence electrons. The Morgan fingerprint density at radius 3 is 2.54 bits per heavy atom. The van der Waals surface area contributed by atoms with Gasteiger partial charge < -0.3 is 5.21 Å². The Balaban J connectivity index is 2.61. The zero-order valence-corrected chi connectivity index (χ0v) is 8.34. The lowest BCUT2D eigenvalue weighted by Gasteiger charge is -2.01. The number of halogens is 1. The number of carbonyl (C=O) groups excluding carboxylic acids is 1. The highest BCUT2D eigenvalue weighted by Crippen LogP contribution is 2.10. The van der Waals surface area contributed by atoms with Crippen molar-refractivity contribution in [1.82, 2.24) is 11.0 Å². The van der Waals surface area contributed by atoms with Gasteiger partial charge in [-0.15, -0.1) is 5.59 Å². The summed E-state index contributed by atoms with van der Waals surface area (Å²) in [6.07, 6.45) is 0. The van der Waals surface area contributed by atoms with Crippen LogP contribution in [0, 0.1) is 0 Å². The maximum absolute atomic E-state index is 11.3. The van der Waals surface area contributed by atoms with Gasteiger partial charge >= 0.3 is 0 Å². The van der Waals surface area contributed by atoms with Crippen LogP contribution in [-0.4, -0.2) is 17.5 Å². The van der Waals surface area contributed by atoms with Gasteiger partial charge in [-0.2, -0.15) is 0 Å². The van der Waals surface area contributed by atoms with E-state index in [-0.39, 0.29) is 12.3 Å².